The summed E-state index contributed by atoms with van der Waals surface area (Å²) in [7, 11) is 3.33. The van der Waals surface area contributed by atoms with Crippen LogP contribution in [0.1, 0.15) is 5.56 Å². The lowest BCUT2D eigenvalue weighted by Crippen LogP contribution is -2.33. The SMILES string of the molecule is COCC(O)CN(C)c1cc(Cl)ccc1C(=N)N. The molecule has 0 aliphatic rings. The van der Waals surface area contributed by atoms with E-state index in [1.165, 1.54) is 7.11 Å². The van der Waals surface area contributed by atoms with Gasteiger partial charge in [0.1, 0.15) is 5.84 Å². The zero-order chi connectivity index (χ0) is 13.7. The van der Waals surface area contributed by atoms with Crippen LogP contribution in [0.5, 0.6) is 0 Å². The van der Waals surface area contributed by atoms with E-state index in [9.17, 15) is 5.11 Å². The van der Waals surface area contributed by atoms with Gasteiger partial charge in [0.2, 0.25) is 0 Å². The van der Waals surface area contributed by atoms with Crippen LogP contribution >= 0.6 is 11.6 Å². The molecule has 18 heavy (non-hydrogen) atoms. The molecule has 100 valence electrons. The lowest BCUT2D eigenvalue weighted by atomic mass is 10.1. The maximum atomic E-state index is 9.70. The first-order valence-electron chi connectivity index (χ1n) is 5.47. The summed E-state index contributed by atoms with van der Waals surface area (Å²) in [5.41, 5.74) is 6.82. The lowest BCUT2D eigenvalue weighted by molar-refractivity contribution is 0.0695. The highest BCUT2D eigenvalue weighted by Crippen LogP contribution is 2.24. The molecule has 1 rings (SSSR count). The normalized spacial score (nSPS) is 12.2. The number of hydrogen-bond donors (Lipinski definition) is 3. The number of aliphatic hydroxyl groups excluding tert-OH is 1. The summed E-state index contributed by atoms with van der Waals surface area (Å²) in [5, 5.41) is 17.8. The number of nitrogens with zero attached hydrogens (tertiary/aromatic N) is 1. The van der Waals surface area contributed by atoms with Crippen molar-refractivity contribution >= 4 is 23.1 Å². The molecule has 6 heteroatoms. The molecule has 5 nitrogen and oxygen atoms in total. The molecular weight excluding hydrogens is 254 g/mol. The number of nitrogen functional groups attached to an aromatic ring is 1. The molecule has 1 unspecified atom stereocenters. The van der Waals surface area contributed by atoms with Crippen molar-refractivity contribution in [2.24, 2.45) is 5.73 Å². The van der Waals surface area contributed by atoms with Gasteiger partial charge < -0.3 is 20.5 Å². The smallest absolute Gasteiger partial charge is 0.124 e. The molecule has 1 aromatic rings. The summed E-state index contributed by atoms with van der Waals surface area (Å²) in [6.07, 6.45) is -0.612. The van der Waals surface area contributed by atoms with Gasteiger partial charge >= 0.3 is 0 Å². The van der Waals surface area contributed by atoms with Crippen LogP contribution in [-0.2, 0) is 4.74 Å². The monoisotopic (exact) mass is 271 g/mol. The maximum absolute atomic E-state index is 9.70. The molecule has 0 radical (unpaired) electrons. The van der Waals surface area contributed by atoms with E-state index >= 15 is 0 Å². The van der Waals surface area contributed by atoms with Crippen molar-refractivity contribution in [3.8, 4) is 0 Å². The van der Waals surface area contributed by atoms with E-state index in [1.807, 2.05) is 0 Å². The third kappa shape index (κ3) is 3.87. The number of hydrogen-bond acceptors (Lipinski definition) is 4. The number of amidine groups is 1. The highest BCUT2D eigenvalue weighted by Gasteiger charge is 2.14. The van der Waals surface area contributed by atoms with Crippen LogP contribution < -0.4 is 10.6 Å². The Kier molecular flexibility index (Phi) is 5.40. The largest absolute Gasteiger partial charge is 0.389 e. The van der Waals surface area contributed by atoms with E-state index in [2.05, 4.69) is 0 Å². The highest BCUT2D eigenvalue weighted by atomic mass is 35.5. The zero-order valence-electron chi connectivity index (χ0n) is 10.5. The van der Waals surface area contributed by atoms with Gasteiger partial charge in [-0.2, -0.15) is 0 Å². The molecule has 1 aromatic carbocycles. The minimum Gasteiger partial charge on any atom is -0.389 e. The Labute approximate surface area is 112 Å². The Morgan fingerprint density at radius 2 is 2.28 bits per heavy atom. The molecule has 0 aliphatic heterocycles. The number of anilines is 1. The molecule has 4 N–H and O–H groups in total. The third-order valence-electron chi connectivity index (χ3n) is 2.50. The van der Waals surface area contributed by atoms with E-state index in [-0.39, 0.29) is 12.4 Å². The number of benzene rings is 1. The summed E-state index contributed by atoms with van der Waals surface area (Å²) < 4.78 is 4.87. The Morgan fingerprint density at radius 3 is 2.83 bits per heavy atom. The van der Waals surface area contributed by atoms with Gasteiger partial charge in [0, 0.05) is 37.0 Å². The van der Waals surface area contributed by atoms with E-state index in [0.29, 0.717) is 22.8 Å². The van der Waals surface area contributed by atoms with Crippen LogP contribution in [0.3, 0.4) is 0 Å². The topological polar surface area (TPSA) is 82.6 Å². The van der Waals surface area contributed by atoms with Gasteiger partial charge in [-0.15, -0.1) is 0 Å². The quantitative estimate of drug-likeness (QED) is 0.534. The summed E-state index contributed by atoms with van der Waals surface area (Å²) in [4.78, 5) is 1.80. The van der Waals surface area contributed by atoms with E-state index in [1.54, 1.807) is 30.1 Å². The molecule has 0 saturated carbocycles. The van der Waals surface area contributed by atoms with Gasteiger partial charge in [-0.25, -0.2) is 0 Å². The van der Waals surface area contributed by atoms with Crippen molar-refractivity contribution in [2.75, 3.05) is 32.2 Å². The zero-order valence-corrected chi connectivity index (χ0v) is 11.2. The summed E-state index contributed by atoms with van der Waals surface area (Å²) >= 11 is 5.94. The van der Waals surface area contributed by atoms with Gasteiger partial charge in [0.05, 0.1) is 12.7 Å². The summed E-state index contributed by atoms with van der Waals surface area (Å²) in [6, 6.07) is 5.10. The Bertz CT molecular complexity index is 426. The fraction of sp³-hybridized carbons (Fsp3) is 0.417. The molecule has 0 bridgehead atoms. The second kappa shape index (κ2) is 6.58. The molecular formula is C12H18ClN3O2. The van der Waals surface area contributed by atoms with Crippen LogP contribution in [0.4, 0.5) is 5.69 Å². The van der Waals surface area contributed by atoms with Crippen LogP contribution in [0.25, 0.3) is 0 Å². The molecule has 0 fully saturated rings. The number of ether oxygens (including phenoxy) is 1. The summed E-state index contributed by atoms with van der Waals surface area (Å²) in [5.74, 6) is -0.0326. The predicted molar refractivity (Wildman–Crippen MR) is 73.6 cm³/mol. The standard InChI is InChI=1S/C12H18ClN3O2/c1-16(6-9(17)7-18-2)11-5-8(13)3-4-10(11)12(14)15/h3-5,9,17H,6-7H2,1-2H3,(H3,14,15). The Balaban J connectivity index is 2.93. The number of rotatable bonds is 6. The van der Waals surface area contributed by atoms with Crippen LogP contribution in [0, 0.1) is 5.41 Å². The van der Waals surface area contributed by atoms with Crippen molar-refractivity contribution in [1.29, 1.82) is 5.41 Å². The first-order chi connectivity index (χ1) is 8.45. The maximum Gasteiger partial charge on any atom is 0.124 e. The fourth-order valence-corrected chi connectivity index (χ4v) is 1.87. The molecule has 0 heterocycles. The molecule has 0 spiro atoms. The van der Waals surface area contributed by atoms with Crippen LogP contribution in [0.2, 0.25) is 5.02 Å². The van der Waals surface area contributed by atoms with Gasteiger partial charge in [0.15, 0.2) is 0 Å². The van der Waals surface area contributed by atoms with Crippen molar-refractivity contribution in [3.63, 3.8) is 0 Å². The van der Waals surface area contributed by atoms with E-state index in [0.717, 1.165) is 0 Å². The fourth-order valence-electron chi connectivity index (χ4n) is 1.71. The second-order valence-corrected chi connectivity index (χ2v) is 4.50. The average Bonchev–Trinajstić information content (AvgIpc) is 2.28. The van der Waals surface area contributed by atoms with Crippen LogP contribution in [0.15, 0.2) is 18.2 Å². The first kappa shape index (κ1) is 14.8. The van der Waals surface area contributed by atoms with Crippen molar-refractivity contribution in [2.45, 2.75) is 6.10 Å². The van der Waals surface area contributed by atoms with Gasteiger partial charge in [-0.3, -0.25) is 5.41 Å². The van der Waals surface area contributed by atoms with E-state index < -0.39 is 6.10 Å². The van der Waals surface area contributed by atoms with Gasteiger partial charge in [-0.05, 0) is 18.2 Å². The molecule has 0 aliphatic carbocycles. The molecule has 0 amide bonds. The predicted octanol–water partition coefficient (Wildman–Crippen LogP) is 1.07. The number of likely N-dealkylation sites (N-methyl/N-ethyl adjacent to an activating group) is 1. The highest BCUT2D eigenvalue weighted by molar-refractivity contribution is 6.31. The van der Waals surface area contributed by atoms with Crippen molar-refractivity contribution < 1.29 is 9.84 Å². The van der Waals surface area contributed by atoms with Gasteiger partial charge in [-0.1, -0.05) is 11.6 Å². The number of nitrogens with two attached hydrogens (primary N) is 1. The molecule has 0 aromatic heterocycles. The van der Waals surface area contributed by atoms with Crippen molar-refractivity contribution in [3.05, 3.63) is 28.8 Å². The second-order valence-electron chi connectivity index (χ2n) is 4.06. The Hall–Kier alpha value is -1.30. The number of methoxy groups -OCH3 is 1. The summed E-state index contributed by atoms with van der Waals surface area (Å²) in [6.45, 7) is 0.620. The number of halogens is 1. The molecule has 0 saturated heterocycles. The first-order valence-corrected chi connectivity index (χ1v) is 5.85. The minimum atomic E-state index is -0.612. The van der Waals surface area contributed by atoms with E-state index in [4.69, 9.17) is 27.5 Å². The lowest BCUT2D eigenvalue weighted by Gasteiger charge is -2.24. The number of aliphatic hydroxyl groups is 1. The minimum absolute atomic E-state index is 0.0326. The molecule has 1 atom stereocenters. The Morgan fingerprint density at radius 1 is 1.61 bits per heavy atom. The van der Waals surface area contributed by atoms with Gasteiger partial charge in [0.25, 0.3) is 0 Å². The number of nitrogens with one attached hydrogen (secondary N) is 1. The van der Waals surface area contributed by atoms with Crippen molar-refractivity contribution in [1.82, 2.24) is 0 Å². The third-order valence-corrected chi connectivity index (χ3v) is 2.74. The average molecular weight is 272 g/mol. The van der Waals surface area contributed by atoms with Crippen LogP contribution in [-0.4, -0.2) is 44.4 Å².